The summed E-state index contributed by atoms with van der Waals surface area (Å²) in [6.45, 7) is 16.0. The average Bonchev–Trinajstić information content (AvgIpc) is 2.75. The minimum Gasteiger partial charge on any atom is -0.259 e. The summed E-state index contributed by atoms with van der Waals surface area (Å²) in [5, 5.41) is 1.17. The molecule has 114 valence electrons. The largest absolute Gasteiger partial charge is 0.259 e. The van der Waals surface area contributed by atoms with Crippen molar-refractivity contribution >= 4 is 11.3 Å². The number of pyridine rings is 1. The van der Waals surface area contributed by atoms with Crippen LogP contribution in [-0.2, 0) is 0 Å². The predicted octanol–water partition coefficient (Wildman–Crippen LogP) is 5.65. The SMILES string of the molecule is CC.CC.Cc1ccc(F)cn1.Cc1nc(C)c(C)s1. The molecule has 0 aliphatic carbocycles. The molecule has 0 aliphatic rings. The van der Waals surface area contributed by atoms with Crippen molar-refractivity contribution in [3.63, 3.8) is 0 Å². The standard InChI is InChI=1S/C6H6FN.C6H9NS.2C2H6/c1-5-2-3-6(7)4-8-5;1-4-5(2)8-6(3)7-4;2*1-2/h2-4H,1H3;1-3H3;2*1-2H3. The molecule has 0 radical (unpaired) electrons. The second kappa shape index (κ2) is 12.7. The number of hydrogen-bond donors (Lipinski definition) is 0. The normalized spacial score (nSPS) is 8.25. The van der Waals surface area contributed by atoms with Gasteiger partial charge in [-0.15, -0.1) is 11.3 Å². The first-order chi connectivity index (χ1) is 9.49. The molecule has 0 bridgehead atoms. The van der Waals surface area contributed by atoms with E-state index in [-0.39, 0.29) is 5.82 Å². The Morgan fingerprint density at radius 3 is 1.70 bits per heavy atom. The number of aromatic nitrogens is 2. The molecule has 0 aromatic carbocycles. The molecule has 0 saturated heterocycles. The van der Waals surface area contributed by atoms with Crippen LogP contribution in [0.25, 0.3) is 0 Å². The van der Waals surface area contributed by atoms with Gasteiger partial charge in [0.05, 0.1) is 16.9 Å². The van der Waals surface area contributed by atoms with Gasteiger partial charge in [-0.2, -0.15) is 0 Å². The maximum absolute atomic E-state index is 12.0. The number of rotatable bonds is 0. The number of hydrogen-bond acceptors (Lipinski definition) is 3. The third-order valence-electron chi connectivity index (χ3n) is 2.01. The van der Waals surface area contributed by atoms with Crippen LogP contribution in [0, 0.1) is 33.5 Å². The number of halogens is 1. The third kappa shape index (κ3) is 9.62. The van der Waals surface area contributed by atoms with Gasteiger partial charge < -0.3 is 0 Å². The smallest absolute Gasteiger partial charge is 0.141 e. The van der Waals surface area contributed by atoms with Gasteiger partial charge >= 0.3 is 0 Å². The lowest BCUT2D eigenvalue weighted by Gasteiger charge is -1.86. The van der Waals surface area contributed by atoms with E-state index in [9.17, 15) is 4.39 Å². The van der Waals surface area contributed by atoms with Crippen molar-refractivity contribution < 1.29 is 4.39 Å². The first-order valence-corrected chi connectivity index (χ1v) is 7.79. The summed E-state index contributed by atoms with van der Waals surface area (Å²) < 4.78 is 12.0. The highest BCUT2D eigenvalue weighted by molar-refractivity contribution is 7.11. The van der Waals surface area contributed by atoms with Crippen molar-refractivity contribution in [2.45, 2.75) is 55.4 Å². The summed E-state index contributed by atoms with van der Waals surface area (Å²) in [7, 11) is 0. The first-order valence-electron chi connectivity index (χ1n) is 6.98. The fourth-order valence-corrected chi connectivity index (χ4v) is 1.90. The highest BCUT2D eigenvalue weighted by Gasteiger charge is 1.95. The van der Waals surface area contributed by atoms with Crippen molar-refractivity contribution in [3.05, 3.63) is 45.4 Å². The van der Waals surface area contributed by atoms with Crippen molar-refractivity contribution in [3.8, 4) is 0 Å². The van der Waals surface area contributed by atoms with E-state index in [4.69, 9.17) is 0 Å². The monoisotopic (exact) mass is 298 g/mol. The van der Waals surface area contributed by atoms with E-state index >= 15 is 0 Å². The van der Waals surface area contributed by atoms with E-state index in [0.717, 1.165) is 5.69 Å². The molecule has 0 N–H and O–H groups in total. The topological polar surface area (TPSA) is 25.8 Å². The average molecular weight is 298 g/mol. The van der Waals surface area contributed by atoms with Crippen LogP contribution in [0.15, 0.2) is 18.3 Å². The Morgan fingerprint density at radius 1 is 0.950 bits per heavy atom. The van der Waals surface area contributed by atoms with Gasteiger partial charge in [0.2, 0.25) is 0 Å². The minimum absolute atomic E-state index is 0.282. The number of thiazole rings is 1. The molecule has 0 saturated carbocycles. The van der Waals surface area contributed by atoms with E-state index in [1.165, 1.54) is 27.8 Å². The zero-order valence-electron chi connectivity index (χ0n) is 13.9. The van der Waals surface area contributed by atoms with Gasteiger partial charge in [-0.1, -0.05) is 27.7 Å². The highest BCUT2D eigenvalue weighted by Crippen LogP contribution is 2.14. The highest BCUT2D eigenvalue weighted by atomic mass is 32.1. The summed E-state index contributed by atoms with van der Waals surface area (Å²) in [6.07, 6.45) is 1.20. The molecule has 0 atom stereocenters. The predicted molar refractivity (Wildman–Crippen MR) is 88.0 cm³/mol. The van der Waals surface area contributed by atoms with Crippen LogP contribution in [-0.4, -0.2) is 9.97 Å². The molecular weight excluding hydrogens is 271 g/mol. The molecule has 2 heterocycles. The minimum atomic E-state index is -0.282. The quantitative estimate of drug-likeness (QED) is 0.628. The summed E-state index contributed by atoms with van der Waals surface area (Å²) in [5.74, 6) is -0.282. The van der Waals surface area contributed by atoms with Crippen molar-refractivity contribution in [2.24, 2.45) is 0 Å². The zero-order chi connectivity index (χ0) is 16.1. The summed E-state index contributed by atoms with van der Waals surface area (Å²) >= 11 is 1.76. The molecule has 2 nitrogen and oxygen atoms in total. The Balaban J connectivity index is 0. The molecule has 0 unspecified atom stereocenters. The van der Waals surface area contributed by atoms with Crippen LogP contribution in [0.3, 0.4) is 0 Å². The van der Waals surface area contributed by atoms with Crippen LogP contribution >= 0.6 is 11.3 Å². The van der Waals surface area contributed by atoms with E-state index in [2.05, 4.69) is 16.9 Å². The van der Waals surface area contributed by atoms with Crippen LogP contribution in [0.2, 0.25) is 0 Å². The Kier molecular flexibility index (Phi) is 13.4. The van der Waals surface area contributed by atoms with Crippen LogP contribution in [0.1, 0.15) is 49.0 Å². The summed E-state index contributed by atoms with van der Waals surface area (Å²) in [4.78, 5) is 9.27. The Bertz CT molecular complexity index is 410. The fourth-order valence-electron chi connectivity index (χ4n) is 1.08. The van der Waals surface area contributed by atoms with Gasteiger partial charge in [0, 0.05) is 10.6 Å². The maximum Gasteiger partial charge on any atom is 0.141 e. The van der Waals surface area contributed by atoms with Crippen molar-refractivity contribution in [1.82, 2.24) is 9.97 Å². The van der Waals surface area contributed by atoms with Gasteiger partial charge in [-0.3, -0.25) is 4.98 Å². The van der Waals surface area contributed by atoms with Crippen molar-refractivity contribution in [1.29, 1.82) is 0 Å². The molecule has 0 aliphatic heterocycles. The second-order valence-corrected chi connectivity index (χ2v) is 4.90. The Labute approximate surface area is 127 Å². The summed E-state index contributed by atoms with van der Waals surface area (Å²) in [6, 6.07) is 3.03. The van der Waals surface area contributed by atoms with Crippen LogP contribution < -0.4 is 0 Å². The Hall–Kier alpha value is -1.29. The third-order valence-corrected chi connectivity index (χ3v) is 3.00. The molecular formula is C16H27FN2S. The molecule has 2 aromatic heterocycles. The molecule has 2 aromatic rings. The van der Waals surface area contributed by atoms with E-state index < -0.39 is 0 Å². The van der Waals surface area contributed by atoms with Gasteiger partial charge in [0.15, 0.2) is 0 Å². The Morgan fingerprint density at radius 2 is 1.50 bits per heavy atom. The lowest BCUT2D eigenvalue weighted by atomic mass is 10.4. The van der Waals surface area contributed by atoms with Gasteiger partial charge in [-0.25, -0.2) is 9.37 Å². The van der Waals surface area contributed by atoms with E-state index in [1.54, 1.807) is 17.4 Å². The molecule has 0 fully saturated rings. The number of aryl methyl sites for hydroxylation is 4. The van der Waals surface area contributed by atoms with Gasteiger partial charge in [-0.05, 0) is 39.8 Å². The molecule has 2 rings (SSSR count). The number of nitrogens with zero attached hydrogens (tertiary/aromatic N) is 2. The lowest BCUT2D eigenvalue weighted by Crippen LogP contribution is -1.79. The van der Waals surface area contributed by atoms with E-state index in [1.807, 2.05) is 48.5 Å². The molecule has 0 amide bonds. The van der Waals surface area contributed by atoms with Crippen LogP contribution in [0.4, 0.5) is 4.39 Å². The maximum atomic E-state index is 12.0. The van der Waals surface area contributed by atoms with E-state index in [0.29, 0.717) is 0 Å². The second-order valence-electron chi connectivity index (χ2n) is 3.49. The van der Waals surface area contributed by atoms with Crippen molar-refractivity contribution in [2.75, 3.05) is 0 Å². The molecule has 0 spiro atoms. The first kappa shape index (κ1) is 21.0. The van der Waals surface area contributed by atoms with Gasteiger partial charge in [0.25, 0.3) is 0 Å². The summed E-state index contributed by atoms with van der Waals surface area (Å²) in [5.41, 5.74) is 2.01. The zero-order valence-corrected chi connectivity index (χ0v) is 14.7. The molecule has 20 heavy (non-hydrogen) atoms. The van der Waals surface area contributed by atoms with Crippen LogP contribution in [0.5, 0.6) is 0 Å². The molecule has 4 heteroatoms. The lowest BCUT2D eigenvalue weighted by molar-refractivity contribution is 0.620. The van der Waals surface area contributed by atoms with Gasteiger partial charge in [0.1, 0.15) is 5.82 Å². The fraction of sp³-hybridized carbons (Fsp3) is 0.500.